The first kappa shape index (κ1) is 19.0. The number of nitrogens with zero attached hydrogens (tertiary/aromatic N) is 1. The Hall–Kier alpha value is -0.0800. The molecule has 21 heavy (non-hydrogen) atoms. The van der Waals surface area contributed by atoms with Crippen molar-refractivity contribution in [3.05, 3.63) is 0 Å². The van der Waals surface area contributed by atoms with Gasteiger partial charge in [0.05, 0.1) is 0 Å². The normalized spacial score (nSPS) is 27.3. The van der Waals surface area contributed by atoms with Crippen molar-refractivity contribution in [3.63, 3.8) is 0 Å². The zero-order valence-electron chi connectivity index (χ0n) is 15.5. The quantitative estimate of drug-likeness (QED) is 0.707. The van der Waals surface area contributed by atoms with Crippen LogP contribution in [0.1, 0.15) is 73.6 Å². The van der Waals surface area contributed by atoms with E-state index in [9.17, 15) is 0 Å². The zero-order chi connectivity index (χ0) is 15.9. The van der Waals surface area contributed by atoms with E-state index in [0.29, 0.717) is 5.41 Å². The smallest absolute Gasteiger partial charge is 0.0108 e. The minimum Gasteiger partial charge on any atom is -0.314 e. The molecule has 1 rings (SSSR count). The number of hydrogen-bond acceptors (Lipinski definition) is 2. The van der Waals surface area contributed by atoms with E-state index >= 15 is 0 Å². The molecular formula is C19H40N2. The molecule has 0 heterocycles. The third-order valence-electron chi connectivity index (χ3n) is 5.34. The van der Waals surface area contributed by atoms with Crippen LogP contribution in [0.25, 0.3) is 0 Å². The van der Waals surface area contributed by atoms with Crippen LogP contribution in [0.4, 0.5) is 0 Å². The maximum atomic E-state index is 3.84. The van der Waals surface area contributed by atoms with Crippen molar-refractivity contribution < 1.29 is 0 Å². The topological polar surface area (TPSA) is 15.3 Å². The Morgan fingerprint density at radius 2 is 1.76 bits per heavy atom. The molecule has 2 heteroatoms. The van der Waals surface area contributed by atoms with Crippen LogP contribution in [0.15, 0.2) is 0 Å². The summed E-state index contributed by atoms with van der Waals surface area (Å²) in [6, 6.07) is 0.745. The van der Waals surface area contributed by atoms with Gasteiger partial charge in [-0.2, -0.15) is 0 Å². The Morgan fingerprint density at radius 1 is 1.05 bits per heavy atom. The van der Waals surface area contributed by atoms with Crippen molar-refractivity contribution in [1.82, 2.24) is 10.2 Å². The Bertz CT molecular complexity index is 269. The van der Waals surface area contributed by atoms with E-state index in [2.05, 4.69) is 51.8 Å². The second-order valence-electron chi connectivity index (χ2n) is 8.09. The standard InChI is InChI=1S/C19H40N2/c1-7-12-20-18-11-10-17(19(4,5)6)14-16(18)15-21(9-3)13-8-2/h16-18,20H,7-15H2,1-6H3. The molecule has 0 saturated heterocycles. The van der Waals surface area contributed by atoms with Crippen LogP contribution < -0.4 is 5.32 Å². The summed E-state index contributed by atoms with van der Waals surface area (Å²) in [6.07, 6.45) is 6.71. The van der Waals surface area contributed by atoms with Gasteiger partial charge in [0, 0.05) is 12.6 Å². The Kier molecular flexibility index (Phi) is 8.26. The van der Waals surface area contributed by atoms with Crippen LogP contribution in [0, 0.1) is 17.3 Å². The molecule has 0 aromatic carbocycles. The fraction of sp³-hybridized carbons (Fsp3) is 1.00. The zero-order valence-corrected chi connectivity index (χ0v) is 15.5. The van der Waals surface area contributed by atoms with Crippen molar-refractivity contribution in [3.8, 4) is 0 Å². The van der Waals surface area contributed by atoms with Gasteiger partial charge in [0.25, 0.3) is 0 Å². The molecule has 1 N–H and O–H groups in total. The maximum absolute atomic E-state index is 3.84. The highest BCUT2D eigenvalue weighted by atomic mass is 15.1. The summed E-state index contributed by atoms with van der Waals surface area (Å²) < 4.78 is 0. The average molecular weight is 297 g/mol. The summed E-state index contributed by atoms with van der Waals surface area (Å²) in [5.74, 6) is 1.73. The molecule has 1 saturated carbocycles. The maximum Gasteiger partial charge on any atom is 0.0108 e. The molecule has 3 atom stereocenters. The molecule has 1 aliphatic rings. The molecule has 0 aliphatic heterocycles. The van der Waals surface area contributed by atoms with E-state index in [0.717, 1.165) is 17.9 Å². The monoisotopic (exact) mass is 296 g/mol. The first-order chi connectivity index (χ1) is 9.92. The molecule has 1 aliphatic carbocycles. The molecule has 126 valence electrons. The van der Waals surface area contributed by atoms with Crippen LogP contribution >= 0.6 is 0 Å². The third kappa shape index (κ3) is 6.28. The molecule has 1 fully saturated rings. The minimum absolute atomic E-state index is 0.468. The van der Waals surface area contributed by atoms with Gasteiger partial charge in [0.15, 0.2) is 0 Å². The van der Waals surface area contributed by atoms with Crippen LogP contribution in [0.5, 0.6) is 0 Å². The first-order valence-electron chi connectivity index (χ1n) is 9.38. The van der Waals surface area contributed by atoms with Gasteiger partial charge in [-0.15, -0.1) is 0 Å². The van der Waals surface area contributed by atoms with Crippen LogP contribution in [-0.2, 0) is 0 Å². The summed E-state index contributed by atoms with van der Waals surface area (Å²) in [4.78, 5) is 2.66. The van der Waals surface area contributed by atoms with Gasteiger partial charge in [-0.1, -0.05) is 41.5 Å². The summed E-state index contributed by atoms with van der Waals surface area (Å²) >= 11 is 0. The van der Waals surface area contributed by atoms with E-state index < -0.39 is 0 Å². The molecule has 0 aromatic heterocycles. The SMILES string of the molecule is CCCNC1CCC(C(C)(C)C)CC1CN(CC)CCC. The Labute approximate surface area is 134 Å². The summed E-state index contributed by atoms with van der Waals surface area (Å²) in [5.41, 5.74) is 0.468. The number of nitrogens with one attached hydrogen (secondary N) is 1. The molecule has 0 amide bonds. The molecular weight excluding hydrogens is 256 g/mol. The van der Waals surface area contributed by atoms with E-state index in [-0.39, 0.29) is 0 Å². The molecule has 3 unspecified atom stereocenters. The lowest BCUT2D eigenvalue weighted by Crippen LogP contribution is -2.47. The van der Waals surface area contributed by atoms with Gasteiger partial charge in [-0.3, -0.25) is 0 Å². The minimum atomic E-state index is 0.468. The highest BCUT2D eigenvalue weighted by Crippen LogP contribution is 2.40. The van der Waals surface area contributed by atoms with E-state index in [1.54, 1.807) is 0 Å². The van der Waals surface area contributed by atoms with Crippen molar-refractivity contribution in [2.45, 2.75) is 79.7 Å². The Morgan fingerprint density at radius 3 is 2.29 bits per heavy atom. The van der Waals surface area contributed by atoms with Crippen molar-refractivity contribution in [2.75, 3.05) is 26.2 Å². The van der Waals surface area contributed by atoms with Crippen molar-refractivity contribution in [2.24, 2.45) is 17.3 Å². The van der Waals surface area contributed by atoms with Crippen LogP contribution in [0.2, 0.25) is 0 Å². The predicted molar refractivity (Wildman–Crippen MR) is 94.8 cm³/mol. The number of rotatable bonds is 8. The van der Waals surface area contributed by atoms with E-state index in [1.165, 1.54) is 58.3 Å². The predicted octanol–water partition coefficient (Wildman–Crippen LogP) is 4.55. The third-order valence-corrected chi connectivity index (χ3v) is 5.34. The fourth-order valence-electron chi connectivity index (χ4n) is 3.88. The van der Waals surface area contributed by atoms with Gasteiger partial charge >= 0.3 is 0 Å². The van der Waals surface area contributed by atoms with E-state index in [1.807, 2.05) is 0 Å². The summed E-state index contributed by atoms with van der Waals surface area (Å²) in [5, 5.41) is 3.84. The first-order valence-corrected chi connectivity index (χ1v) is 9.38. The second-order valence-corrected chi connectivity index (χ2v) is 8.09. The van der Waals surface area contributed by atoms with Gasteiger partial charge in [0.2, 0.25) is 0 Å². The molecule has 0 radical (unpaired) electrons. The second kappa shape index (κ2) is 9.15. The van der Waals surface area contributed by atoms with Crippen molar-refractivity contribution >= 4 is 0 Å². The lowest BCUT2D eigenvalue weighted by molar-refractivity contribution is 0.0884. The lowest BCUT2D eigenvalue weighted by Gasteiger charge is -2.43. The van der Waals surface area contributed by atoms with Gasteiger partial charge in [-0.05, 0) is 69.0 Å². The van der Waals surface area contributed by atoms with Gasteiger partial charge in [-0.25, -0.2) is 0 Å². The highest BCUT2D eigenvalue weighted by Gasteiger charge is 2.36. The van der Waals surface area contributed by atoms with Crippen LogP contribution in [0.3, 0.4) is 0 Å². The summed E-state index contributed by atoms with van der Waals surface area (Å²) in [7, 11) is 0. The number of hydrogen-bond donors (Lipinski definition) is 1. The average Bonchev–Trinajstić information content (AvgIpc) is 2.44. The molecule has 2 nitrogen and oxygen atoms in total. The summed E-state index contributed by atoms with van der Waals surface area (Å²) in [6.45, 7) is 19.1. The largest absolute Gasteiger partial charge is 0.314 e. The van der Waals surface area contributed by atoms with Gasteiger partial charge in [0.1, 0.15) is 0 Å². The van der Waals surface area contributed by atoms with E-state index in [4.69, 9.17) is 0 Å². The fourth-order valence-corrected chi connectivity index (χ4v) is 3.88. The lowest BCUT2D eigenvalue weighted by atomic mass is 9.67. The Balaban J connectivity index is 2.67. The molecule has 0 bridgehead atoms. The van der Waals surface area contributed by atoms with Crippen molar-refractivity contribution in [1.29, 1.82) is 0 Å². The highest BCUT2D eigenvalue weighted by molar-refractivity contribution is 4.90. The van der Waals surface area contributed by atoms with Gasteiger partial charge < -0.3 is 10.2 Å². The van der Waals surface area contributed by atoms with Crippen LogP contribution in [-0.4, -0.2) is 37.1 Å². The molecule has 0 spiro atoms. The molecule has 0 aromatic rings.